The second kappa shape index (κ2) is 8.25. The third kappa shape index (κ3) is 4.09. The molecule has 5 heteroatoms. The first-order chi connectivity index (χ1) is 13.7. The first-order valence-corrected chi connectivity index (χ1v) is 13.5. The lowest BCUT2D eigenvalue weighted by Gasteiger charge is -2.49. The highest BCUT2D eigenvalue weighted by Gasteiger charge is 2.56. The maximum atomic E-state index is 13.2. The summed E-state index contributed by atoms with van der Waals surface area (Å²) in [7, 11) is -0.389. The fourth-order valence-corrected chi connectivity index (χ4v) is 4.85. The van der Waals surface area contributed by atoms with Gasteiger partial charge in [0.2, 0.25) is 8.32 Å². The van der Waals surface area contributed by atoms with Crippen molar-refractivity contribution in [1.29, 1.82) is 0 Å². The van der Waals surface area contributed by atoms with Crippen LogP contribution in [0.5, 0.6) is 5.75 Å². The van der Waals surface area contributed by atoms with Crippen LogP contribution in [0.3, 0.4) is 0 Å². The van der Waals surface area contributed by atoms with Crippen LogP contribution in [0.15, 0.2) is 48.3 Å². The minimum absolute atomic E-state index is 0.0770. The smallest absolute Gasteiger partial charge is 0.317 e. The summed E-state index contributed by atoms with van der Waals surface area (Å²) in [5, 5.41) is 0.0770. The summed E-state index contributed by atoms with van der Waals surface area (Å²) in [6, 6.07) is 7.86. The molecule has 166 valence electrons. The van der Waals surface area contributed by atoms with E-state index >= 15 is 0 Å². The van der Waals surface area contributed by atoms with Crippen LogP contribution in [0.2, 0.25) is 18.1 Å². The summed E-state index contributed by atoms with van der Waals surface area (Å²) in [5.74, 6) is 1.42. The Morgan fingerprint density at radius 2 is 1.73 bits per heavy atom. The zero-order chi connectivity index (χ0) is 23.0. The maximum absolute atomic E-state index is 13.2. The number of methoxy groups -OCH3 is 1. The number of carbonyl (C=O) groups is 1. The molecule has 0 saturated carbocycles. The van der Waals surface area contributed by atoms with Crippen LogP contribution in [0.1, 0.15) is 53.5 Å². The molecule has 1 aromatic rings. The first-order valence-electron chi connectivity index (χ1n) is 10.6. The van der Waals surface area contributed by atoms with Gasteiger partial charge >= 0.3 is 5.97 Å². The SMILES string of the molecule is C=C1CC(O[Si](C)(C)C(C)(C)C)=C[C@@](C)(c2ccc(OC)cc2)[C@]1(C)C(=O)OCC. The third-order valence-corrected chi connectivity index (χ3v) is 11.5. The average molecular weight is 431 g/mol. The van der Waals surface area contributed by atoms with Crippen molar-refractivity contribution < 1.29 is 18.7 Å². The van der Waals surface area contributed by atoms with E-state index < -0.39 is 19.1 Å². The molecule has 0 saturated heterocycles. The van der Waals surface area contributed by atoms with Crippen LogP contribution in [0.25, 0.3) is 0 Å². The molecule has 2 rings (SSSR count). The minimum Gasteiger partial charge on any atom is -0.546 e. The second-order valence-electron chi connectivity index (χ2n) is 10.0. The van der Waals surface area contributed by atoms with Gasteiger partial charge in [0, 0.05) is 11.8 Å². The monoisotopic (exact) mass is 430 g/mol. The fourth-order valence-electron chi connectivity index (χ4n) is 3.76. The fraction of sp³-hybridized carbons (Fsp3) is 0.560. The highest BCUT2D eigenvalue weighted by Crippen LogP contribution is 2.54. The number of esters is 1. The molecule has 0 radical (unpaired) electrons. The van der Waals surface area contributed by atoms with E-state index in [4.69, 9.17) is 13.9 Å². The molecule has 0 heterocycles. The lowest BCUT2D eigenvalue weighted by atomic mass is 9.55. The molecule has 0 unspecified atom stereocenters. The molecule has 0 bridgehead atoms. The number of ether oxygens (including phenoxy) is 2. The van der Waals surface area contributed by atoms with Gasteiger partial charge in [-0.15, -0.1) is 0 Å². The predicted octanol–water partition coefficient (Wildman–Crippen LogP) is 6.39. The molecule has 1 aromatic carbocycles. The molecule has 0 N–H and O–H groups in total. The Balaban J connectivity index is 2.65. The number of benzene rings is 1. The van der Waals surface area contributed by atoms with E-state index in [2.05, 4.69) is 53.4 Å². The normalized spacial score (nSPS) is 24.8. The third-order valence-electron chi connectivity index (χ3n) is 7.15. The van der Waals surface area contributed by atoms with Gasteiger partial charge in [-0.2, -0.15) is 0 Å². The summed E-state index contributed by atoms with van der Waals surface area (Å²) < 4.78 is 17.5. The molecule has 4 nitrogen and oxygen atoms in total. The minimum atomic E-state index is -2.03. The summed E-state index contributed by atoms with van der Waals surface area (Å²) in [6.07, 6.45) is 2.66. The highest BCUT2D eigenvalue weighted by atomic mass is 28.4. The van der Waals surface area contributed by atoms with Crippen molar-refractivity contribution in [2.45, 2.75) is 71.5 Å². The van der Waals surface area contributed by atoms with Crippen molar-refractivity contribution in [1.82, 2.24) is 0 Å². The van der Waals surface area contributed by atoms with E-state index in [0.717, 1.165) is 22.6 Å². The van der Waals surface area contributed by atoms with Crippen LogP contribution in [0.4, 0.5) is 0 Å². The van der Waals surface area contributed by atoms with Gasteiger partial charge in [-0.1, -0.05) is 52.0 Å². The number of rotatable bonds is 6. The van der Waals surface area contributed by atoms with Crippen molar-refractivity contribution in [2.75, 3.05) is 13.7 Å². The lowest BCUT2D eigenvalue weighted by molar-refractivity contribution is -0.155. The van der Waals surface area contributed by atoms with Crippen molar-refractivity contribution in [2.24, 2.45) is 5.41 Å². The maximum Gasteiger partial charge on any atom is 0.317 e. The van der Waals surface area contributed by atoms with Gasteiger partial charge < -0.3 is 13.9 Å². The summed E-state index contributed by atoms with van der Waals surface area (Å²) in [4.78, 5) is 13.2. The van der Waals surface area contributed by atoms with E-state index in [9.17, 15) is 4.79 Å². The number of carbonyl (C=O) groups excluding carboxylic acids is 1. The first kappa shape index (κ1) is 24.3. The number of allylic oxidation sites excluding steroid dienone is 2. The topological polar surface area (TPSA) is 44.8 Å². The molecule has 2 atom stereocenters. The van der Waals surface area contributed by atoms with Gasteiger partial charge in [0.05, 0.1) is 24.9 Å². The van der Waals surface area contributed by atoms with Gasteiger partial charge in [0.15, 0.2) is 0 Å². The molecule has 0 aliphatic heterocycles. The van der Waals surface area contributed by atoms with Crippen molar-refractivity contribution in [3.8, 4) is 5.75 Å². The molecule has 1 aliphatic carbocycles. The van der Waals surface area contributed by atoms with Crippen LogP contribution in [0, 0.1) is 5.41 Å². The Morgan fingerprint density at radius 1 is 1.17 bits per heavy atom. The van der Waals surface area contributed by atoms with Crippen molar-refractivity contribution >= 4 is 14.3 Å². The molecular formula is C25H38O4Si. The van der Waals surface area contributed by atoms with Crippen LogP contribution in [-0.4, -0.2) is 28.0 Å². The van der Waals surface area contributed by atoms with E-state index in [1.807, 2.05) is 38.1 Å². The predicted molar refractivity (Wildman–Crippen MR) is 125 cm³/mol. The van der Waals surface area contributed by atoms with Gasteiger partial charge in [-0.3, -0.25) is 4.79 Å². The summed E-state index contributed by atoms with van der Waals surface area (Å²) in [5.41, 5.74) is 0.239. The van der Waals surface area contributed by atoms with Crippen molar-refractivity contribution in [3.63, 3.8) is 0 Å². The highest BCUT2D eigenvalue weighted by molar-refractivity contribution is 6.74. The van der Waals surface area contributed by atoms with Crippen molar-refractivity contribution in [3.05, 3.63) is 53.8 Å². The molecular weight excluding hydrogens is 392 g/mol. The zero-order valence-corrected chi connectivity index (χ0v) is 21.1. The van der Waals surface area contributed by atoms with E-state index in [-0.39, 0.29) is 11.0 Å². The Labute approximate surface area is 183 Å². The number of hydrogen-bond donors (Lipinski definition) is 0. The van der Waals surface area contributed by atoms with Gasteiger partial charge in [-0.05, 0) is 55.8 Å². The van der Waals surface area contributed by atoms with Gasteiger partial charge in [0.1, 0.15) is 5.75 Å². The van der Waals surface area contributed by atoms with E-state index in [1.54, 1.807) is 7.11 Å². The van der Waals surface area contributed by atoms with Crippen LogP contribution in [-0.2, 0) is 19.4 Å². The van der Waals surface area contributed by atoms with E-state index in [0.29, 0.717) is 13.0 Å². The molecule has 1 aliphatic rings. The van der Waals surface area contributed by atoms with Gasteiger partial charge in [-0.25, -0.2) is 0 Å². The average Bonchev–Trinajstić information content (AvgIpc) is 2.65. The number of hydrogen-bond acceptors (Lipinski definition) is 4. The lowest BCUT2D eigenvalue weighted by Crippen LogP contribution is -2.51. The molecule has 0 fully saturated rings. The summed E-state index contributed by atoms with van der Waals surface area (Å²) >= 11 is 0. The van der Waals surface area contributed by atoms with Gasteiger partial charge in [0.25, 0.3) is 0 Å². The Bertz CT molecular complexity index is 832. The zero-order valence-electron chi connectivity index (χ0n) is 20.1. The molecule has 0 amide bonds. The standard InChI is InChI=1S/C25H38O4Si/c1-11-28-22(26)25(7)18(2)16-21(29-30(9,10)23(3,4)5)17-24(25,6)19-12-14-20(27-8)15-13-19/h12-15,17H,2,11,16H2,1,3-10H3/t24-,25-/m0/s1. The Kier molecular flexibility index (Phi) is 6.67. The molecule has 0 aromatic heterocycles. The molecule has 0 spiro atoms. The summed E-state index contributed by atoms with van der Waals surface area (Å²) in [6.45, 7) is 21.7. The Morgan fingerprint density at radius 3 is 2.20 bits per heavy atom. The van der Waals surface area contributed by atoms with Crippen LogP contribution < -0.4 is 4.74 Å². The molecule has 30 heavy (non-hydrogen) atoms. The second-order valence-corrected chi connectivity index (χ2v) is 14.8. The quantitative estimate of drug-likeness (QED) is 0.298. The largest absolute Gasteiger partial charge is 0.546 e. The van der Waals surface area contributed by atoms with Crippen LogP contribution >= 0.6 is 0 Å². The van der Waals surface area contributed by atoms with E-state index in [1.165, 1.54) is 0 Å². The Hall–Kier alpha value is -2.01.